The van der Waals surface area contributed by atoms with E-state index in [1.54, 1.807) is 12.1 Å². The maximum Gasteiger partial charge on any atom is 0.251 e. The zero-order chi connectivity index (χ0) is 16.1. The van der Waals surface area contributed by atoms with Crippen molar-refractivity contribution < 1.29 is 9.53 Å². The van der Waals surface area contributed by atoms with E-state index in [0.717, 1.165) is 30.9 Å². The summed E-state index contributed by atoms with van der Waals surface area (Å²) in [5.41, 5.74) is 0.656. The standard InChI is InChI=1S/C19H22N2O2.ClH/c1-14-18(8-5-13-20-14)21-19(22)15-9-11-17(12-10-15)23-16-6-3-2-4-7-16;/h2-4,6-7,9-12,14,18,20H,5,8,13H2,1H3,(H,21,22);1H. The molecule has 3 rings (SSSR count). The molecule has 24 heavy (non-hydrogen) atoms. The molecular formula is C19H23ClN2O2. The van der Waals surface area contributed by atoms with Crippen LogP contribution in [0.3, 0.4) is 0 Å². The summed E-state index contributed by atoms with van der Waals surface area (Å²) in [6.45, 7) is 3.14. The molecule has 2 aromatic rings. The maximum atomic E-state index is 12.3. The van der Waals surface area contributed by atoms with Crippen LogP contribution < -0.4 is 15.4 Å². The third kappa shape index (κ3) is 4.73. The quantitative estimate of drug-likeness (QED) is 0.886. The molecule has 0 bridgehead atoms. The van der Waals surface area contributed by atoms with Gasteiger partial charge in [0.25, 0.3) is 5.91 Å². The van der Waals surface area contributed by atoms with Crippen molar-refractivity contribution in [2.45, 2.75) is 31.8 Å². The summed E-state index contributed by atoms with van der Waals surface area (Å²) in [6.07, 6.45) is 2.12. The number of hydrogen-bond acceptors (Lipinski definition) is 3. The highest BCUT2D eigenvalue weighted by Crippen LogP contribution is 2.21. The topological polar surface area (TPSA) is 50.4 Å². The molecule has 2 unspecified atom stereocenters. The van der Waals surface area contributed by atoms with Gasteiger partial charge in [-0.2, -0.15) is 0 Å². The molecule has 2 atom stereocenters. The molecule has 1 heterocycles. The Morgan fingerprint density at radius 2 is 1.75 bits per heavy atom. The van der Waals surface area contributed by atoms with Gasteiger partial charge in [-0.1, -0.05) is 18.2 Å². The second-order valence-electron chi connectivity index (χ2n) is 5.90. The molecule has 0 radical (unpaired) electrons. The Kier molecular flexibility index (Phi) is 6.64. The number of piperidine rings is 1. The summed E-state index contributed by atoms with van der Waals surface area (Å²) in [4.78, 5) is 12.3. The number of para-hydroxylation sites is 1. The lowest BCUT2D eigenvalue weighted by Gasteiger charge is -2.30. The van der Waals surface area contributed by atoms with E-state index in [4.69, 9.17) is 4.74 Å². The van der Waals surface area contributed by atoms with Crippen molar-refractivity contribution in [3.05, 3.63) is 60.2 Å². The van der Waals surface area contributed by atoms with E-state index in [1.165, 1.54) is 0 Å². The predicted molar refractivity (Wildman–Crippen MR) is 98.2 cm³/mol. The minimum absolute atomic E-state index is 0. The van der Waals surface area contributed by atoms with Gasteiger partial charge in [-0.25, -0.2) is 0 Å². The second kappa shape index (κ2) is 8.71. The van der Waals surface area contributed by atoms with Crippen molar-refractivity contribution in [2.75, 3.05) is 6.54 Å². The summed E-state index contributed by atoms with van der Waals surface area (Å²) in [7, 11) is 0. The molecule has 2 N–H and O–H groups in total. The summed E-state index contributed by atoms with van der Waals surface area (Å²) >= 11 is 0. The van der Waals surface area contributed by atoms with Crippen LogP contribution in [0.2, 0.25) is 0 Å². The fraction of sp³-hybridized carbons (Fsp3) is 0.316. The van der Waals surface area contributed by atoms with Gasteiger partial charge in [0.15, 0.2) is 0 Å². The van der Waals surface area contributed by atoms with Crippen LogP contribution in [0.5, 0.6) is 11.5 Å². The molecule has 128 valence electrons. The first-order chi connectivity index (χ1) is 11.2. The van der Waals surface area contributed by atoms with Gasteiger partial charge in [-0.05, 0) is 62.7 Å². The number of rotatable bonds is 4. The fourth-order valence-electron chi connectivity index (χ4n) is 2.79. The number of ether oxygens (including phenoxy) is 1. The Morgan fingerprint density at radius 1 is 1.08 bits per heavy atom. The van der Waals surface area contributed by atoms with E-state index in [-0.39, 0.29) is 24.4 Å². The van der Waals surface area contributed by atoms with Crippen LogP contribution in [-0.4, -0.2) is 24.5 Å². The minimum Gasteiger partial charge on any atom is -0.457 e. The van der Waals surface area contributed by atoms with E-state index >= 15 is 0 Å². The highest BCUT2D eigenvalue weighted by atomic mass is 35.5. The maximum absolute atomic E-state index is 12.3. The number of benzene rings is 2. The molecule has 0 aromatic heterocycles. The molecule has 1 saturated heterocycles. The molecule has 2 aromatic carbocycles. The van der Waals surface area contributed by atoms with Crippen LogP contribution in [0.4, 0.5) is 0 Å². The van der Waals surface area contributed by atoms with Gasteiger partial charge in [0.2, 0.25) is 0 Å². The molecule has 0 spiro atoms. The minimum atomic E-state index is -0.0307. The normalized spacial score (nSPS) is 19.9. The Balaban J connectivity index is 0.00000208. The van der Waals surface area contributed by atoms with Gasteiger partial charge in [-0.3, -0.25) is 4.79 Å². The fourth-order valence-corrected chi connectivity index (χ4v) is 2.79. The van der Waals surface area contributed by atoms with Crippen molar-refractivity contribution >= 4 is 18.3 Å². The van der Waals surface area contributed by atoms with Crippen molar-refractivity contribution in [3.63, 3.8) is 0 Å². The molecule has 1 aliphatic heterocycles. The van der Waals surface area contributed by atoms with E-state index in [0.29, 0.717) is 11.6 Å². The highest BCUT2D eigenvalue weighted by Gasteiger charge is 2.22. The van der Waals surface area contributed by atoms with Crippen molar-refractivity contribution in [1.82, 2.24) is 10.6 Å². The first-order valence-electron chi connectivity index (χ1n) is 8.09. The number of hydrogen-bond donors (Lipinski definition) is 2. The van der Waals surface area contributed by atoms with Crippen LogP contribution in [0.15, 0.2) is 54.6 Å². The van der Waals surface area contributed by atoms with E-state index in [1.807, 2.05) is 42.5 Å². The molecule has 1 fully saturated rings. The van der Waals surface area contributed by atoms with E-state index in [9.17, 15) is 4.79 Å². The van der Waals surface area contributed by atoms with Crippen LogP contribution >= 0.6 is 12.4 Å². The van der Waals surface area contributed by atoms with Gasteiger partial charge in [-0.15, -0.1) is 12.4 Å². The molecular weight excluding hydrogens is 324 g/mol. The second-order valence-corrected chi connectivity index (χ2v) is 5.90. The van der Waals surface area contributed by atoms with Gasteiger partial charge in [0.1, 0.15) is 11.5 Å². The molecule has 1 aliphatic rings. The molecule has 0 aliphatic carbocycles. The summed E-state index contributed by atoms with van der Waals surface area (Å²) in [5.74, 6) is 1.48. The summed E-state index contributed by atoms with van der Waals surface area (Å²) in [5, 5.41) is 6.50. The Hall–Kier alpha value is -2.04. The van der Waals surface area contributed by atoms with Crippen LogP contribution in [0.25, 0.3) is 0 Å². The van der Waals surface area contributed by atoms with Crippen molar-refractivity contribution in [1.29, 1.82) is 0 Å². The number of carbonyl (C=O) groups excluding carboxylic acids is 1. The Bertz CT molecular complexity index is 646. The predicted octanol–water partition coefficient (Wildman–Crippen LogP) is 3.77. The number of carbonyl (C=O) groups is 1. The van der Waals surface area contributed by atoms with Crippen LogP contribution in [-0.2, 0) is 0 Å². The Morgan fingerprint density at radius 3 is 2.42 bits per heavy atom. The van der Waals surface area contributed by atoms with Gasteiger partial charge in [0, 0.05) is 17.6 Å². The summed E-state index contributed by atoms with van der Waals surface area (Å²) in [6, 6.07) is 17.4. The Labute approximate surface area is 149 Å². The zero-order valence-corrected chi connectivity index (χ0v) is 14.5. The molecule has 0 saturated carbocycles. The average Bonchev–Trinajstić information content (AvgIpc) is 2.58. The SMILES string of the molecule is CC1NCCCC1NC(=O)c1ccc(Oc2ccccc2)cc1.Cl. The monoisotopic (exact) mass is 346 g/mol. The molecule has 4 nitrogen and oxygen atoms in total. The van der Waals surface area contributed by atoms with Gasteiger partial charge < -0.3 is 15.4 Å². The lowest BCUT2D eigenvalue weighted by molar-refractivity contribution is 0.0920. The van der Waals surface area contributed by atoms with Gasteiger partial charge >= 0.3 is 0 Å². The first kappa shape index (κ1) is 18.3. The lowest BCUT2D eigenvalue weighted by atomic mass is 9.99. The third-order valence-electron chi connectivity index (χ3n) is 4.17. The van der Waals surface area contributed by atoms with Gasteiger partial charge in [0.05, 0.1) is 0 Å². The lowest BCUT2D eigenvalue weighted by Crippen LogP contribution is -2.51. The van der Waals surface area contributed by atoms with E-state index < -0.39 is 0 Å². The number of nitrogens with one attached hydrogen (secondary N) is 2. The van der Waals surface area contributed by atoms with Crippen molar-refractivity contribution in [2.24, 2.45) is 0 Å². The zero-order valence-electron chi connectivity index (χ0n) is 13.7. The highest BCUT2D eigenvalue weighted by molar-refractivity contribution is 5.94. The molecule has 1 amide bonds. The number of amides is 1. The third-order valence-corrected chi connectivity index (χ3v) is 4.17. The number of halogens is 1. The van der Waals surface area contributed by atoms with Crippen LogP contribution in [0.1, 0.15) is 30.1 Å². The largest absolute Gasteiger partial charge is 0.457 e. The van der Waals surface area contributed by atoms with E-state index in [2.05, 4.69) is 17.6 Å². The molecule has 5 heteroatoms. The van der Waals surface area contributed by atoms with Crippen molar-refractivity contribution in [3.8, 4) is 11.5 Å². The summed E-state index contributed by atoms with van der Waals surface area (Å²) < 4.78 is 5.74. The van der Waals surface area contributed by atoms with Crippen LogP contribution in [0, 0.1) is 0 Å². The smallest absolute Gasteiger partial charge is 0.251 e. The average molecular weight is 347 g/mol. The first-order valence-corrected chi connectivity index (χ1v) is 8.09.